The van der Waals surface area contributed by atoms with Gasteiger partial charge in [-0.05, 0) is 38.5 Å². The molecular formula is C14H21N3O3. The Hall–Kier alpha value is -1.40. The third kappa shape index (κ3) is 2.71. The predicted molar refractivity (Wildman–Crippen MR) is 72.2 cm³/mol. The molecular weight excluding hydrogens is 258 g/mol. The van der Waals surface area contributed by atoms with Gasteiger partial charge in [-0.2, -0.15) is 0 Å². The van der Waals surface area contributed by atoms with Crippen molar-refractivity contribution in [2.24, 2.45) is 5.73 Å². The molecule has 1 unspecified atom stereocenters. The lowest BCUT2D eigenvalue weighted by atomic mass is 9.77. The molecule has 2 heterocycles. The first kappa shape index (κ1) is 13.6. The van der Waals surface area contributed by atoms with Crippen molar-refractivity contribution in [2.75, 3.05) is 13.2 Å². The summed E-state index contributed by atoms with van der Waals surface area (Å²) in [6.07, 6.45) is 7.63. The third-order valence-electron chi connectivity index (χ3n) is 4.19. The Labute approximate surface area is 118 Å². The van der Waals surface area contributed by atoms with E-state index >= 15 is 0 Å². The van der Waals surface area contributed by atoms with Gasteiger partial charge in [0.25, 0.3) is 0 Å². The van der Waals surface area contributed by atoms with Crippen LogP contribution in [-0.4, -0.2) is 35.3 Å². The average Bonchev–Trinajstić information content (AvgIpc) is 2.93. The lowest BCUT2D eigenvalue weighted by Gasteiger charge is -2.35. The first-order chi connectivity index (χ1) is 9.67. The Morgan fingerprint density at radius 3 is 3.00 bits per heavy atom. The minimum Gasteiger partial charge on any atom is -0.458 e. The van der Waals surface area contributed by atoms with Gasteiger partial charge in [-0.3, -0.25) is 0 Å². The Bertz CT molecular complexity index is 476. The number of carbonyl (C=O) groups is 1. The van der Waals surface area contributed by atoms with Gasteiger partial charge in [-0.15, -0.1) is 0 Å². The van der Waals surface area contributed by atoms with Crippen molar-refractivity contribution in [1.82, 2.24) is 9.97 Å². The first-order valence-corrected chi connectivity index (χ1v) is 7.30. The Balaban J connectivity index is 1.54. The zero-order valence-corrected chi connectivity index (χ0v) is 11.6. The molecule has 20 heavy (non-hydrogen) atoms. The number of aromatic nitrogens is 2. The standard InChI is InChI=1S/C14H21N3O3/c15-14(5-3-6-14)13-16-8-11(17-13)12(18)20-9-10-4-1-2-7-19-10/h8,10H,1-7,9,15H2,(H,16,17). The number of nitrogens with two attached hydrogens (primary N) is 1. The SMILES string of the molecule is NC1(c2ncc(C(=O)OCC3CCCCO3)[nH]2)CCC1. The maximum Gasteiger partial charge on any atom is 0.356 e. The van der Waals surface area contributed by atoms with Gasteiger partial charge in [-0.25, -0.2) is 9.78 Å². The van der Waals surface area contributed by atoms with Crippen LogP contribution in [0.5, 0.6) is 0 Å². The molecule has 2 fully saturated rings. The van der Waals surface area contributed by atoms with E-state index in [1.54, 1.807) is 0 Å². The summed E-state index contributed by atoms with van der Waals surface area (Å²) in [6, 6.07) is 0. The highest BCUT2D eigenvalue weighted by atomic mass is 16.6. The van der Waals surface area contributed by atoms with Gasteiger partial charge >= 0.3 is 5.97 Å². The molecule has 3 rings (SSSR count). The van der Waals surface area contributed by atoms with E-state index in [4.69, 9.17) is 15.2 Å². The van der Waals surface area contributed by atoms with E-state index in [2.05, 4.69) is 9.97 Å². The molecule has 110 valence electrons. The molecule has 0 spiro atoms. The topological polar surface area (TPSA) is 90.2 Å². The van der Waals surface area contributed by atoms with Crippen LogP contribution in [0.3, 0.4) is 0 Å². The Morgan fingerprint density at radius 2 is 2.35 bits per heavy atom. The molecule has 1 saturated heterocycles. The van der Waals surface area contributed by atoms with Gasteiger partial charge in [-0.1, -0.05) is 0 Å². The number of aromatic amines is 1. The van der Waals surface area contributed by atoms with Gasteiger partial charge in [0.05, 0.1) is 17.8 Å². The number of hydrogen-bond donors (Lipinski definition) is 2. The fourth-order valence-electron chi connectivity index (χ4n) is 2.66. The first-order valence-electron chi connectivity index (χ1n) is 7.30. The van der Waals surface area contributed by atoms with Gasteiger partial charge in [0.1, 0.15) is 18.1 Å². The molecule has 2 aliphatic rings. The lowest BCUT2D eigenvalue weighted by molar-refractivity contribution is -0.0302. The summed E-state index contributed by atoms with van der Waals surface area (Å²) >= 11 is 0. The largest absolute Gasteiger partial charge is 0.458 e. The molecule has 0 amide bonds. The van der Waals surface area contributed by atoms with Gasteiger partial charge < -0.3 is 20.2 Å². The van der Waals surface area contributed by atoms with Crippen LogP contribution < -0.4 is 5.73 Å². The van der Waals surface area contributed by atoms with Crippen molar-refractivity contribution < 1.29 is 14.3 Å². The van der Waals surface area contributed by atoms with E-state index in [-0.39, 0.29) is 17.6 Å². The monoisotopic (exact) mass is 279 g/mol. The second-order valence-corrected chi connectivity index (χ2v) is 5.74. The molecule has 6 heteroatoms. The summed E-state index contributed by atoms with van der Waals surface area (Å²) in [7, 11) is 0. The number of carbonyl (C=O) groups excluding carboxylic acids is 1. The summed E-state index contributed by atoms with van der Waals surface area (Å²) in [4.78, 5) is 19.1. The van der Waals surface area contributed by atoms with Crippen molar-refractivity contribution in [1.29, 1.82) is 0 Å². The smallest absolute Gasteiger partial charge is 0.356 e. The molecule has 6 nitrogen and oxygen atoms in total. The summed E-state index contributed by atoms with van der Waals surface area (Å²) < 4.78 is 10.8. The number of hydrogen-bond acceptors (Lipinski definition) is 5. The molecule has 3 N–H and O–H groups in total. The van der Waals surface area contributed by atoms with Crippen LogP contribution in [0, 0.1) is 0 Å². The molecule has 1 aliphatic carbocycles. The second kappa shape index (κ2) is 5.54. The molecule has 0 radical (unpaired) electrons. The van der Waals surface area contributed by atoms with Crippen LogP contribution in [0.15, 0.2) is 6.20 Å². The molecule has 1 atom stereocenters. The van der Waals surface area contributed by atoms with E-state index in [0.717, 1.165) is 45.1 Å². The van der Waals surface area contributed by atoms with Crippen molar-refractivity contribution in [2.45, 2.75) is 50.2 Å². The Kier molecular flexibility index (Phi) is 3.76. The van der Waals surface area contributed by atoms with Crippen LogP contribution in [-0.2, 0) is 15.0 Å². The second-order valence-electron chi connectivity index (χ2n) is 5.74. The maximum atomic E-state index is 11.9. The highest BCUT2D eigenvalue weighted by Crippen LogP contribution is 2.36. The van der Waals surface area contributed by atoms with Gasteiger partial charge in [0.2, 0.25) is 0 Å². The minimum atomic E-state index is -0.388. The van der Waals surface area contributed by atoms with Crippen LogP contribution >= 0.6 is 0 Å². The summed E-state index contributed by atoms with van der Waals surface area (Å²) in [6.45, 7) is 1.06. The van der Waals surface area contributed by atoms with E-state index in [1.165, 1.54) is 6.20 Å². The Morgan fingerprint density at radius 1 is 1.50 bits per heavy atom. The van der Waals surface area contributed by atoms with E-state index in [9.17, 15) is 4.79 Å². The van der Waals surface area contributed by atoms with Gasteiger partial charge in [0, 0.05) is 6.61 Å². The number of ether oxygens (including phenoxy) is 2. The summed E-state index contributed by atoms with van der Waals surface area (Å²) in [5, 5.41) is 0. The third-order valence-corrected chi connectivity index (χ3v) is 4.19. The number of H-pyrrole nitrogens is 1. The fraction of sp³-hybridized carbons (Fsp3) is 0.714. The van der Waals surface area contributed by atoms with Gasteiger partial charge in [0.15, 0.2) is 0 Å². The highest BCUT2D eigenvalue weighted by molar-refractivity contribution is 5.87. The highest BCUT2D eigenvalue weighted by Gasteiger charge is 2.37. The van der Waals surface area contributed by atoms with Crippen LogP contribution in [0.4, 0.5) is 0 Å². The van der Waals surface area contributed by atoms with E-state index < -0.39 is 0 Å². The predicted octanol–water partition coefficient (Wildman–Crippen LogP) is 1.47. The summed E-state index contributed by atoms with van der Waals surface area (Å²) in [5.74, 6) is 0.297. The summed E-state index contributed by atoms with van der Waals surface area (Å²) in [5.41, 5.74) is 6.15. The van der Waals surface area contributed by atoms with Crippen molar-refractivity contribution in [3.8, 4) is 0 Å². The lowest BCUT2D eigenvalue weighted by Crippen LogP contribution is -2.44. The van der Waals surface area contributed by atoms with Crippen LogP contribution in [0.1, 0.15) is 54.8 Å². The number of esters is 1. The van der Waals surface area contributed by atoms with Crippen molar-refractivity contribution >= 4 is 5.97 Å². The van der Waals surface area contributed by atoms with Crippen molar-refractivity contribution in [3.05, 3.63) is 17.7 Å². The number of nitrogens with zero attached hydrogens (tertiary/aromatic N) is 1. The molecule has 1 aromatic rings. The van der Waals surface area contributed by atoms with Crippen LogP contribution in [0.2, 0.25) is 0 Å². The van der Waals surface area contributed by atoms with Crippen molar-refractivity contribution in [3.63, 3.8) is 0 Å². The quantitative estimate of drug-likeness (QED) is 0.815. The molecule has 1 saturated carbocycles. The molecule has 0 bridgehead atoms. The number of rotatable bonds is 4. The fourth-order valence-corrected chi connectivity index (χ4v) is 2.66. The molecule has 0 aromatic carbocycles. The molecule has 1 aromatic heterocycles. The molecule has 1 aliphatic heterocycles. The number of imidazole rings is 1. The average molecular weight is 279 g/mol. The normalized spacial score (nSPS) is 24.9. The number of nitrogens with one attached hydrogen (secondary N) is 1. The zero-order valence-electron chi connectivity index (χ0n) is 11.6. The van der Waals surface area contributed by atoms with E-state index in [0.29, 0.717) is 18.1 Å². The maximum absolute atomic E-state index is 11.9. The van der Waals surface area contributed by atoms with Crippen LogP contribution in [0.25, 0.3) is 0 Å². The minimum absolute atomic E-state index is 0.0302. The van der Waals surface area contributed by atoms with E-state index in [1.807, 2.05) is 0 Å². The zero-order chi connectivity index (χ0) is 14.0.